The van der Waals surface area contributed by atoms with Gasteiger partial charge in [0.1, 0.15) is 6.54 Å². The summed E-state index contributed by atoms with van der Waals surface area (Å²) in [7, 11) is 1.42. The van der Waals surface area contributed by atoms with Gasteiger partial charge < -0.3 is 24.1 Å². The van der Waals surface area contributed by atoms with Crippen LogP contribution in [-0.4, -0.2) is 34.3 Å². The van der Waals surface area contributed by atoms with Crippen molar-refractivity contribution in [1.82, 2.24) is 14.5 Å². The molecule has 1 aliphatic heterocycles. The topological polar surface area (TPSA) is 105 Å². The Morgan fingerprint density at radius 2 is 2.10 bits per heavy atom. The number of pyridine rings is 1. The molecule has 1 amide bonds. The second kappa shape index (κ2) is 9.09. The Morgan fingerprint density at radius 3 is 2.90 bits per heavy atom. The number of fused-ring (bicyclic) bond motifs is 1. The fourth-order valence-electron chi connectivity index (χ4n) is 2.98. The fourth-order valence-corrected chi connectivity index (χ4v) is 3.85. The van der Waals surface area contributed by atoms with Crippen LogP contribution < -0.4 is 25.0 Å². The van der Waals surface area contributed by atoms with Crippen LogP contribution in [0.15, 0.2) is 52.7 Å². The minimum Gasteiger partial charge on any atom is -0.491 e. The van der Waals surface area contributed by atoms with E-state index in [1.165, 1.54) is 31.1 Å². The molecule has 0 spiro atoms. The highest BCUT2D eigenvalue weighted by Gasteiger charge is 2.15. The molecule has 1 aromatic carbocycles. The van der Waals surface area contributed by atoms with E-state index in [0.717, 1.165) is 5.69 Å². The van der Waals surface area contributed by atoms with Gasteiger partial charge in [-0.05, 0) is 25.1 Å². The van der Waals surface area contributed by atoms with Crippen LogP contribution in [0.5, 0.6) is 17.2 Å². The van der Waals surface area contributed by atoms with Crippen LogP contribution in [0.25, 0.3) is 0 Å². The zero-order valence-electron chi connectivity index (χ0n) is 17.0. The number of benzene rings is 1. The SMILES string of the molecule is COc1cn(CC(=O)Nc2ccc3c(c2)OCO3)c(CSc2nccc(C)n2)cc1=O. The number of hydrogen-bond acceptors (Lipinski definition) is 8. The van der Waals surface area contributed by atoms with E-state index in [9.17, 15) is 9.59 Å². The van der Waals surface area contributed by atoms with Crippen LogP contribution >= 0.6 is 11.8 Å². The summed E-state index contributed by atoms with van der Waals surface area (Å²) in [5.74, 6) is 1.54. The molecule has 0 atom stereocenters. The average Bonchev–Trinajstić information content (AvgIpc) is 3.21. The summed E-state index contributed by atoms with van der Waals surface area (Å²) in [6.45, 7) is 2.04. The average molecular weight is 440 g/mol. The minimum atomic E-state index is -0.261. The van der Waals surface area contributed by atoms with Gasteiger partial charge in [0, 0.05) is 41.2 Å². The number of methoxy groups -OCH3 is 1. The number of ether oxygens (including phenoxy) is 3. The van der Waals surface area contributed by atoms with Crippen molar-refractivity contribution in [2.75, 3.05) is 19.2 Å². The smallest absolute Gasteiger partial charge is 0.244 e. The standard InChI is InChI=1S/C21H20N4O5S/c1-13-5-6-22-21(23-13)31-11-15-8-16(26)19(28-2)9-25(15)10-20(27)24-14-3-4-17-18(7-14)30-12-29-17/h3-9H,10-12H2,1-2H3,(H,24,27). The van der Waals surface area contributed by atoms with Crippen LogP contribution in [-0.2, 0) is 17.1 Å². The predicted molar refractivity (Wildman–Crippen MR) is 115 cm³/mol. The normalized spacial score (nSPS) is 11.9. The Bertz CT molecular complexity index is 1180. The second-order valence-electron chi connectivity index (χ2n) is 6.71. The monoisotopic (exact) mass is 440 g/mol. The summed E-state index contributed by atoms with van der Waals surface area (Å²) in [5, 5.41) is 3.43. The van der Waals surface area contributed by atoms with Crippen molar-refractivity contribution >= 4 is 23.4 Å². The molecule has 2 aromatic heterocycles. The van der Waals surface area contributed by atoms with E-state index < -0.39 is 0 Å². The van der Waals surface area contributed by atoms with Gasteiger partial charge in [-0.15, -0.1) is 0 Å². The molecule has 4 rings (SSSR count). The number of aromatic nitrogens is 3. The highest BCUT2D eigenvalue weighted by atomic mass is 32.2. The Labute approximate surface area is 182 Å². The van der Waals surface area contributed by atoms with Crippen molar-refractivity contribution < 1.29 is 19.0 Å². The summed E-state index contributed by atoms with van der Waals surface area (Å²) in [6.07, 6.45) is 3.22. The van der Waals surface area contributed by atoms with Crippen LogP contribution in [0, 0.1) is 6.92 Å². The summed E-state index contributed by atoms with van der Waals surface area (Å²) < 4.78 is 17.4. The van der Waals surface area contributed by atoms with Gasteiger partial charge in [-0.1, -0.05) is 11.8 Å². The molecule has 10 heteroatoms. The number of anilines is 1. The Hall–Kier alpha value is -3.53. The molecular weight excluding hydrogens is 420 g/mol. The lowest BCUT2D eigenvalue weighted by atomic mass is 10.2. The van der Waals surface area contributed by atoms with Gasteiger partial charge in [0.15, 0.2) is 22.4 Å². The first-order chi connectivity index (χ1) is 15.0. The highest BCUT2D eigenvalue weighted by molar-refractivity contribution is 7.98. The second-order valence-corrected chi connectivity index (χ2v) is 7.65. The van der Waals surface area contributed by atoms with Gasteiger partial charge in [-0.3, -0.25) is 9.59 Å². The Kier molecular flexibility index (Phi) is 6.08. The third-order valence-electron chi connectivity index (χ3n) is 4.49. The quantitative estimate of drug-likeness (QED) is 0.442. The first-order valence-corrected chi connectivity index (χ1v) is 10.4. The van der Waals surface area contributed by atoms with E-state index in [-0.39, 0.29) is 30.4 Å². The van der Waals surface area contributed by atoms with Gasteiger partial charge in [0.05, 0.1) is 13.3 Å². The van der Waals surface area contributed by atoms with Crippen LogP contribution in [0.4, 0.5) is 5.69 Å². The van der Waals surface area contributed by atoms with Crippen LogP contribution in [0.1, 0.15) is 11.4 Å². The first-order valence-electron chi connectivity index (χ1n) is 9.41. The molecule has 0 unspecified atom stereocenters. The number of thioether (sulfide) groups is 1. The largest absolute Gasteiger partial charge is 0.491 e. The van der Waals surface area contributed by atoms with Crippen LogP contribution in [0.3, 0.4) is 0 Å². The van der Waals surface area contributed by atoms with E-state index in [4.69, 9.17) is 14.2 Å². The number of nitrogens with zero attached hydrogens (tertiary/aromatic N) is 3. The molecule has 3 heterocycles. The van der Waals surface area contributed by atoms with Crippen molar-refractivity contribution in [3.63, 3.8) is 0 Å². The van der Waals surface area contributed by atoms with Gasteiger partial charge in [0.2, 0.25) is 18.1 Å². The number of carbonyl (C=O) groups excluding carboxylic acids is 1. The molecule has 1 aliphatic rings. The molecule has 9 nitrogen and oxygen atoms in total. The number of rotatable bonds is 7. The molecule has 0 saturated heterocycles. The zero-order chi connectivity index (χ0) is 21.8. The molecule has 0 saturated carbocycles. The van der Waals surface area contributed by atoms with Gasteiger partial charge >= 0.3 is 0 Å². The Balaban J connectivity index is 1.51. The summed E-state index contributed by atoms with van der Waals surface area (Å²) in [5.41, 5.74) is 1.84. The highest BCUT2D eigenvalue weighted by Crippen LogP contribution is 2.34. The maximum atomic E-state index is 12.7. The summed E-state index contributed by atoms with van der Waals surface area (Å²) in [4.78, 5) is 33.5. The van der Waals surface area contributed by atoms with Crippen LogP contribution in [0.2, 0.25) is 0 Å². The van der Waals surface area contributed by atoms with Crippen molar-refractivity contribution in [1.29, 1.82) is 0 Å². The lowest BCUT2D eigenvalue weighted by molar-refractivity contribution is -0.116. The molecule has 0 radical (unpaired) electrons. The maximum absolute atomic E-state index is 12.7. The lowest BCUT2D eigenvalue weighted by Crippen LogP contribution is -2.22. The van der Waals surface area contributed by atoms with E-state index in [1.54, 1.807) is 29.0 Å². The number of carbonyl (C=O) groups is 1. The third-order valence-corrected chi connectivity index (χ3v) is 5.39. The molecule has 1 N–H and O–H groups in total. The Morgan fingerprint density at radius 1 is 1.26 bits per heavy atom. The maximum Gasteiger partial charge on any atom is 0.244 e. The molecule has 3 aromatic rings. The molecular formula is C21H20N4O5S. The molecule has 0 aliphatic carbocycles. The first kappa shape index (κ1) is 20.7. The van der Waals surface area contributed by atoms with E-state index in [2.05, 4.69) is 15.3 Å². The van der Waals surface area contributed by atoms with Gasteiger partial charge in [-0.25, -0.2) is 9.97 Å². The van der Waals surface area contributed by atoms with Crippen molar-refractivity contribution in [3.05, 3.63) is 64.3 Å². The van der Waals surface area contributed by atoms with E-state index >= 15 is 0 Å². The number of aryl methyl sites for hydroxylation is 1. The lowest BCUT2D eigenvalue weighted by Gasteiger charge is -2.15. The molecule has 0 bridgehead atoms. The molecule has 0 fully saturated rings. The van der Waals surface area contributed by atoms with Crippen molar-refractivity contribution in [2.45, 2.75) is 24.4 Å². The number of nitrogens with one attached hydrogen (secondary N) is 1. The zero-order valence-corrected chi connectivity index (χ0v) is 17.8. The van der Waals surface area contributed by atoms with E-state index in [0.29, 0.717) is 33.8 Å². The van der Waals surface area contributed by atoms with Gasteiger partial charge in [-0.2, -0.15) is 0 Å². The van der Waals surface area contributed by atoms with Crippen molar-refractivity contribution in [2.24, 2.45) is 0 Å². The number of amides is 1. The minimum absolute atomic E-state index is 0.00432. The molecule has 160 valence electrons. The third kappa shape index (κ3) is 4.97. The van der Waals surface area contributed by atoms with E-state index in [1.807, 2.05) is 13.0 Å². The fraction of sp³-hybridized carbons (Fsp3) is 0.238. The van der Waals surface area contributed by atoms with Gasteiger partial charge in [0.25, 0.3) is 0 Å². The van der Waals surface area contributed by atoms with Crippen molar-refractivity contribution in [3.8, 4) is 17.2 Å². The summed E-state index contributed by atoms with van der Waals surface area (Å²) >= 11 is 1.38. The summed E-state index contributed by atoms with van der Waals surface area (Å²) in [6, 6.07) is 8.47. The molecule has 31 heavy (non-hydrogen) atoms. The number of hydrogen-bond donors (Lipinski definition) is 1. The predicted octanol–water partition coefficient (Wildman–Crippen LogP) is 2.62.